The summed E-state index contributed by atoms with van der Waals surface area (Å²) in [7, 11) is 0. The Morgan fingerprint density at radius 2 is 2.26 bits per heavy atom. The van der Waals surface area contributed by atoms with Gasteiger partial charge in [-0.25, -0.2) is 0 Å². The summed E-state index contributed by atoms with van der Waals surface area (Å²) in [5.74, 6) is 0.490. The molecule has 0 amide bonds. The predicted molar refractivity (Wildman–Crippen MR) is 73.8 cm³/mol. The molecule has 0 aliphatic carbocycles. The molecule has 0 radical (unpaired) electrons. The second-order valence-corrected chi connectivity index (χ2v) is 4.56. The zero-order valence-corrected chi connectivity index (χ0v) is 11.6. The Hall–Kier alpha value is -1.81. The minimum Gasteiger partial charge on any atom is -0.487 e. The molecule has 0 N–H and O–H groups in total. The molecular weight excluding hydrogens is 264 g/mol. The van der Waals surface area contributed by atoms with Crippen molar-refractivity contribution in [2.24, 2.45) is 0 Å². The molecule has 0 aliphatic rings. The number of aldehydes is 1. The molecule has 4 nitrogen and oxygen atoms in total. The lowest BCUT2D eigenvalue weighted by molar-refractivity contribution is 0.111. The van der Waals surface area contributed by atoms with Crippen LogP contribution in [0, 0.1) is 6.92 Å². The van der Waals surface area contributed by atoms with Crippen LogP contribution in [0.2, 0.25) is 5.02 Å². The van der Waals surface area contributed by atoms with Gasteiger partial charge in [0.2, 0.25) is 0 Å². The van der Waals surface area contributed by atoms with Crippen molar-refractivity contribution in [1.82, 2.24) is 9.78 Å². The van der Waals surface area contributed by atoms with Gasteiger partial charge in [-0.15, -0.1) is 0 Å². The quantitative estimate of drug-likeness (QED) is 0.789. The summed E-state index contributed by atoms with van der Waals surface area (Å²) >= 11 is 5.95. The van der Waals surface area contributed by atoms with E-state index >= 15 is 0 Å². The number of nitrogens with zero attached hydrogens (tertiary/aromatic N) is 2. The van der Waals surface area contributed by atoms with Crippen LogP contribution >= 0.6 is 11.6 Å². The fourth-order valence-electron chi connectivity index (χ4n) is 1.90. The molecule has 1 aromatic heterocycles. The number of ether oxygens (including phenoxy) is 1. The largest absolute Gasteiger partial charge is 0.487 e. The number of aromatic nitrogens is 2. The van der Waals surface area contributed by atoms with Crippen LogP contribution in [0.4, 0.5) is 0 Å². The summed E-state index contributed by atoms with van der Waals surface area (Å²) < 4.78 is 7.55. The average Bonchev–Trinajstić information content (AvgIpc) is 2.76. The Morgan fingerprint density at radius 1 is 1.47 bits per heavy atom. The Bertz CT molecular complexity index is 593. The molecule has 0 aliphatic heterocycles. The first kappa shape index (κ1) is 13.6. The second kappa shape index (κ2) is 5.89. The van der Waals surface area contributed by atoms with E-state index < -0.39 is 0 Å². The molecule has 0 spiro atoms. The Morgan fingerprint density at radius 3 is 2.95 bits per heavy atom. The van der Waals surface area contributed by atoms with E-state index in [1.165, 1.54) is 0 Å². The molecule has 0 saturated heterocycles. The maximum Gasteiger partial charge on any atom is 0.155 e. The maximum atomic E-state index is 11.0. The van der Waals surface area contributed by atoms with Gasteiger partial charge in [0, 0.05) is 6.54 Å². The SMILES string of the molecule is CCn1nc(C)cc1COc1cccc(Cl)c1C=O. The predicted octanol–water partition coefficient (Wildman–Crippen LogP) is 3.26. The van der Waals surface area contributed by atoms with Crippen molar-refractivity contribution in [3.63, 3.8) is 0 Å². The molecule has 2 aromatic rings. The van der Waals surface area contributed by atoms with Crippen molar-refractivity contribution in [3.05, 3.63) is 46.2 Å². The summed E-state index contributed by atoms with van der Waals surface area (Å²) in [4.78, 5) is 11.0. The van der Waals surface area contributed by atoms with E-state index in [0.717, 1.165) is 17.9 Å². The van der Waals surface area contributed by atoms with Gasteiger partial charge in [-0.2, -0.15) is 5.10 Å². The third-order valence-corrected chi connectivity index (χ3v) is 3.12. The third kappa shape index (κ3) is 2.96. The Labute approximate surface area is 116 Å². The van der Waals surface area contributed by atoms with Crippen LogP contribution < -0.4 is 4.74 Å². The molecule has 100 valence electrons. The van der Waals surface area contributed by atoms with Crippen molar-refractivity contribution in [3.8, 4) is 5.75 Å². The van der Waals surface area contributed by atoms with Gasteiger partial charge in [0.1, 0.15) is 12.4 Å². The molecule has 0 bridgehead atoms. The number of hydrogen-bond donors (Lipinski definition) is 0. The highest BCUT2D eigenvalue weighted by Crippen LogP contribution is 2.25. The van der Waals surface area contributed by atoms with E-state index in [1.54, 1.807) is 18.2 Å². The summed E-state index contributed by atoms with van der Waals surface area (Å²) in [6, 6.07) is 7.12. The van der Waals surface area contributed by atoms with Crippen LogP contribution in [0.25, 0.3) is 0 Å². The first-order valence-electron chi connectivity index (χ1n) is 6.05. The molecule has 19 heavy (non-hydrogen) atoms. The molecule has 0 atom stereocenters. The maximum absolute atomic E-state index is 11.0. The van der Waals surface area contributed by atoms with E-state index in [4.69, 9.17) is 16.3 Å². The topological polar surface area (TPSA) is 44.1 Å². The summed E-state index contributed by atoms with van der Waals surface area (Å²) in [6.45, 7) is 5.09. The van der Waals surface area contributed by atoms with Crippen LogP contribution in [0.1, 0.15) is 28.7 Å². The van der Waals surface area contributed by atoms with Gasteiger partial charge in [-0.05, 0) is 32.0 Å². The number of halogens is 1. The average molecular weight is 279 g/mol. The van der Waals surface area contributed by atoms with E-state index in [2.05, 4.69) is 5.10 Å². The van der Waals surface area contributed by atoms with Gasteiger partial charge in [0.05, 0.1) is 22.0 Å². The fraction of sp³-hybridized carbons (Fsp3) is 0.286. The van der Waals surface area contributed by atoms with Crippen LogP contribution in [0.15, 0.2) is 24.3 Å². The highest BCUT2D eigenvalue weighted by molar-refractivity contribution is 6.33. The highest BCUT2D eigenvalue weighted by Gasteiger charge is 2.09. The van der Waals surface area contributed by atoms with E-state index in [1.807, 2.05) is 24.6 Å². The number of aryl methyl sites for hydroxylation is 2. The number of hydrogen-bond acceptors (Lipinski definition) is 3. The summed E-state index contributed by atoms with van der Waals surface area (Å²) in [5.41, 5.74) is 2.29. The van der Waals surface area contributed by atoms with Gasteiger partial charge < -0.3 is 4.74 Å². The standard InChI is InChI=1S/C14H15ClN2O2/c1-3-17-11(7-10(2)16-17)9-19-14-6-4-5-13(15)12(14)8-18/h4-8H,3,9H2,1-2H3. The normalized spacial score (nSPS) is 10.5. The van der Waals surface area contributed by atoms with Gasteiger partial charge >= 0.3 is 0 Å². The third-order valence-electron chi connectivity index (χ3n) is 2.79. The minimum absolute atomic E-state index is 0.357. The Balaban J connectivity index is 2.18. The lowest BCUT2D eigenvalue weighted by Gasteiger charge is -2.10. The van der Waals surface area contributed by atoms with E-state index in [0.29, 0.717) is 29.2 Å². The number of benzene rings is 1. The van der Waals surface area contributed by atoms with Crippen LogP contribution in [-0.2, 0) is 13.2 Å². The zero-order valence-electron chi connectivity index (χ0n) is 10.9. The zero-order chi connectivity index (χ0) is 13.8. The first-order valence-corrected chi connectivity index (χ1v) is 6.43. The summed E-state index contributed by atoms with van der Waals surface area (Å²) in [5, 5.41) is 4.74. The van der Waals surface area contributed by atoms with Crippen LogP contribution in [0.3, 0.4) is 0 Å². The van der Waals surface area contributed by atoms with Crippen LogP contribution in [0.5, 0.6) is 5.75 Å². The molecule has 1 aromatic carbocycles. The molecule has 1 heterocycles. The van der Waals surface area contributed by atoms with Gasteiger partial charge in [-0.3, -0.25) is 9.48 Å². The highest BCUT2D eigenvalue weighted by atomic mass is 35.5. The van der Waals surface area contributed by atoms with Crippen molar-refractivity contribution in [2.45, 2.75) is 27.0 Å². The molecule has 0 fully saturated rings. The Kier molecular flexibility index (Phi) is 4.22. The number of carbonyl (C=O) groups is 1. The van der Waals surface area contributed by atoms with E-state index in [9.17, 15) is 4.79 Å². The van der Waals surface area contributed by atoms with Crippen LogP contribution in [-0.4, -0.2) is 16.1 Å². The molecular formula is C14H15ClN2O2. The smallest absolute Gasteiger partial charge is 0.155 e. The van der Waals surface area contributed by atoms with Gasteiger partial charge in [0.15, 0.2) is 6.29 Å². The van der Waals surface area contributed by atoms with E-state index in [-0.39, 0.29) is 0 Å². The second-order valence-electron chi connectivity index (χ2n) is 4.15. The van der Waals surface area contributed by atoms with Crippen molar-refractivity contribution in [2.75, 3.05) is 0 Å². The molecule has 2 rings (SSSR count). The molecule has 0 saturated carbocycles. The fourth-order valence-corrected chi connectivity index (χ4v) is 2.11. The van der Waals surface area contributed by atoms with Gasteiger partial charge in [-0.1, -0.05) is 17.7 Å². The number of rotatable bonds is 5. The van der Waals surface area contributed by atoms with Crippen molar-refractivity contribution >= 4 is 17.9 Å². The molecule has 5 heteroatoms. The number of carbonyl (C=O) groups excluding carboxylic acids is 1. The lowest BCUT2D eigenvalue weighted by Crippen LogP contribution is -2.07. The van der Waals surface area contributed by atoms with Crippen molar-refractivity contribution in [1.29, 1.82) is 0 Å². The summed E-state index contributed by atoms with van der Waals surface area (Å²) in [6.07, 6.45) is 0.708. The minimum atomic E-state index is 0.357. The van der Waals surface area contributed by atoms with Gasteiger partial charge in [0.25, 0.3) is 0 Å². The van der Waals surface area contributed by atoms with Crippen molar-refractivity contribution < 1.29 is 9.53 Å². The lowest BCUT2D eigenvalue weighted by atomic mass is 10.2. The first-order chi connectivity index (χ1) is 9.15. The molecule has 0 unspecified atom stereocenters. The monoisotopic (exact) mass is 278 g/mol.